The fraction of sp³-hybridized carbons (Fsp3) is 0.261. The van der Waals surface area contributed by atoms with Gasteiger partial charge in [0.1, 0.15) is 10.1 Å². The molecule has 0 saturated carbocycles. The van der Waals surface area contributed by atoms with E-state index in [-0.39, 0.29) is 24.5 Å². The topological polar surface area (TPSA) is 58.6 Å². The highest BCUT2D eigenvalue weighted by atomic mass is 32.2. The van der Waals surface area contributed by atoms with Crippen molar-refractivity contribution >= 4 is 51.9 Å². The molecule has 1 heterocycles. The third-order valence-electron chi connectivity index (χ3n) is 4.61. The lowest BCUT2D eigenvalue weighted by molar-refractivity contribution is -0.123. The van der Waals surface area contributed by atoms with Crippen molar-refractivity contribution in [2.45, 2.75) is 33.7 Å². The molecule has 0 unspecified atom stereocenters. The van der Waals surface area contributed by atoms with Crippen LogP contribution in [0.2, 0.25) is 0 Å². The maximum atomic E-state index is 12.6. The second-order valence-electron chi connectivity index (χ2n) is 7.32. The van der Waals surface area contributed by atoms with Crippen LogP contribution in [0.5, 0.6) is 5.75 Å². The van der Waals surface area contributed by atoms with Gasteiger partial charge in [0, 0.05) is 11.7 Å². The van der Waals surface area contributed by atoms with E-state index in [1.807, 2.05) is 58.0 Å². The largest absolute Gasteiger partial charge is 0.484 e. The minimum absolute atomic E-state index is 0.0217. The minimum Gasteiger partial charge on any atom is -0.484 e. The number of para-hydroxylation sites is 1. The monoisotopic (exact) mass is 440 g/mol. The molecule has 1 fully saturated rings. The molecular weight excluding hydrogens is 416 g/mol. The van der Waals surface area contributed by atoms with Gasteiger partial charge < -0.3 is 10.1 Å². The highest BCUT2D eigenvalue weighted by molar-refractivity contribution is 8.26. The Morgan fingerprint density at radius 2 is 1.87 bits per heavy atom. The normalized spacial score (nSPS) is 15.2. The Morgan fingerprint density at radius 1 is 1.20 bits per heavy atom. The minimum atomic E-state index is -0.226. The Kier molecular flexibility index (Phi) is 6.95. The maximum absolute atomic E-state index is 12.6. The first-order chi connectivity index (χ1) is 14.3. The molecule has 156 valence electrons. The van der Waals surface area contributed by atoms with Crippen LogP contribution in [0.4, 0.5) is 5.69 Å². The van der Waals surface area contributed by atoms with Gasteiger partial charge in [0.05, 0.1) is 4.91 Å². The Bertz CT molecular complexity index is 1010. The number of aryl methyl sites for hydroxylation is 2. The fourth-order valence-corrected chi connectivity index (χ4v) is 4.63. The van der Waals surface area contributed by atoms with Crippen molar-refractivity contribution in [3.05, 3.63) is 64.1 Å². The van der Waals surface area contributed by atoms with E-state index in [0.717, 1.165) is 22.4 Å². The van der Waals surface area contributed by atoms with Crippen molar-refractivity contribution < 1.29 is 14.3 Å². The summed E-state index contributed by atoms with van der Waals surface area (Å²) in [4.78, 5) is 27.1. The fourth-order valence-electron chi connectivity index (χ4n) is 3.11. The van der Waals surface area contributed by atoms with Gasteiger partial charge in [-0.05, 0) is 62.6 Å². The van der Waals surface area contributed by atoms with Gasteiger partial charge in [0.2, 0.25) is 0 Å². The molecule has 3 rings (SSSR count). The Hall–Kier alpha value is -2.64. The van der Waals surface area contributed by atoms with E-state index >= 15 is 0 Å². The van der Waals surface area contributed by atoms with Crippen molar-refractivity contribution in [2.24, 2.45) is 0 Å². The molecule has 30 heavy (non-hydrogen) atoms. The quantitative estimate of drug-likeness (QED) is 0.510. The number of carbonyl (C=O) groups excluding carboxylic acids is 2. The van der Waals surface area contributed by atoms with Gasteiger partial charge in [-0.1, -0.05) is 54.3 Å². The molecule has 2 aromatic rings. The molecule has 0 aliphatic carbocycles. The first-order valence-corrected chi connectivity index (χ1v) is 10.8. The van der Waals surface area contributed by atoms with Crippen LogP contribution in [0.1, 0.15) is 30.5 Å². The summed E-state index contributed by atoms with van der Waals surface area (Å²) in [6, 6.07) is 13.2. The lowest BCUT2D eigenvalue weighted by Gasteiger charge is -2.18. The number of anilines is 1. The van der Waals surface area contributed by atoms with Gasteiger partial charge in [0.15, 0.2) is 6.61 Å². The van der Waals surface area contributed by atoms with Crippen molar-refractivity contribution in [2.75, 3.05) is 11.9 Å². The molecule has 7 heteroatoms. The van der Waals surface area contributed by atoms with Crippen LogP contribution < -0.4 is 10.1 Å². The number of nitrogens with zero attached hydrogens (tertiary/aromatic N) is 1. The summed E-state index contributed by atoms with van der Waals surface area (Å²) in [7, 11) is 0. The molecule has 2 aromatic carbocycles. The molecule has 1 aliphatic rings. The van der Waals surface area contributed by atoms with Crippen LogP contribution >= 0.6 is 24.0 Å². The third-order valence-corrected chi connectivity index (χ3v) is 5.94. The van der Waals surface area contributed by atoms with E-state index in [9.17, 15) is 9.59 Å². The summed E-state index contributed by atoms with van der Waals surface area (Å²) in [5.41, 5.74) is 3.63. The molecule has 0 aromatic heterocycles. The first kappa shape index (κ1) is 22.1. The van der Waals surface area contributed by atoms with Crippen molar-refractivity contribution in [1.29, 1.82) is 0 Å². The Labute approximate surface area is 186 Å². The van der Waals surface area contributed by atoms with Gasteiger partial charge in [-0.3, -0.25) is 14.5 Å². The van der Waals surface area contributed by atoms with E-state index in [2.05, 4.69) is 5.32 Å². The van der Waals surface area contributed by atoms with Gasteiger partial charge in [-0.2, -0.15) is 0 Å². The number of amides is 2. The predicted molar refractivity (Wildman–Crippen MR) is 127 cm³/mol. The zero-order valence-corrected chi connectivity index (χ0v) is 19.0. The summed E-state index contributed by atoms with van der Waals surface area (Å²) in [6.07, 6.45) is 1.80. The molecule has 1 saturated heterocycles. The van der Waals surface area contributed by atoms with E-state index in [1.54, 1.807) is 23.1 Å². The molecule has 0 bridgehead atoms. The molecular formula is C23H24N2O3S2. The zero-order chi connectivity index (χ0) is 21.8. The zero-order valence-electron chi connectivity index (χ0n) is 17.4. The van der Waals surface area contributed by atoms with Gasteiger partial charge >= 0.3 is 0 Å². The van der Waals surface area contributed by atoms with Crippen molar-refractivity contribution in [1.82, 2.24) is 4.90 Å². The predicted octanol–water partition coefficient (Wildman–Crippen LogP) is 4.93. The van der Waals surface area contributed by atoms with Crippen LogP contribution in [-0.4, -0.2) is 33.7 Å². The average Bonchev–Trinajstić information content (AvgIpc) is 2.96. The number of carbonyl (C=O) groups is 2. The van der Waals surface area contributed by atoms with E-state index in [0.29, 0.717) is 15.0 Å². The number of ether oxygens (including phenoxy) is 1. The Morgan fingerprint density at radius 3 is 2.50 bits per heavy atom. The highest BCUT2D eigenvalue weighted by Gasteiger charge is 2.33. The Balaban J connectivity index is 1.66. The number of nitrogens with one attached hydrogen (secondary N) is 1. The molecule has 2 amide bonds. The van der Waals surface area contributed by atoms with Crippen LogP contribution in [0.25, 0.3) is 6.08 Å². The lowest BCUT2D eigenvalue weighted by Crippen LogP contribution is -2.34. The standard InChI is InChI=1S/C23H24N2O3S2/c1-14(2)25-22(27)19(30-23(25)29)12-17-9-6-10-18(11-17)28-13-20(26)24-21-15(3)7-5-8-16(21)4/h5-12,14H,13H2,1-4H3,(H,24,26)/b19-12-. The molecule has 1 aliphatic heterocycles. The summed E-state index contributed by atoms with van der Waals surface area (Å²) in [6.45, 7) is 7.67. The maximum Gasteiger partial charge on any atom is 0.266 e. The van der Waals surface area contributed by atoms with Gasteiger partial charge in [-0.25, -0.2) is 0 Å². The van der Waals surface area contributed by atoms with Crippen LogP contribution in [0.15, 0.2) is 47.4 Å². The number of thiocarbonyl (C=S) groups is 1. The second kappa shape index (κ2) is 9.45. The lowest BCUT2D eigenvalue weighted by atomic mass is 10.1. The third kappa shape index (κ3) is 5.09. The summed E-state index contributed by atoms with van der Waals surface area (Å²) < 4.78 is 6.23. The van der Waals surface area contributed by atoms with Crippen molar-refractivity contribution in [3.8, 4) is 5.75 Å². The van der Waals surface area contributed by atoms with Crippen molar-refractivity contribution in [3.63, 3.8) is 0 Å². The van der Waals surface area contributed by atoms with E-state index < -0.39 is 0 Å². The number of benzene rings is 2. The highest BCUT2D eigenvalue weighted by Crippen LogP contribution is 2.34. The molecule has 0 radical (unpaired) electrons. The summed E-state index contributed by atoms with van der Waals surface area (Å²) >= 11 is 6.61. The average molecular weight is 441 g/mol. The first-order valence-electron chi connectivity index (χ1n) is 9.62. The molecule has 0 atom stereocenters. The summed E-state index contributed by atoms with van der Waals surface area (Å²) in [5.74, 6) is 0.245. The second-order valence-corrected chi connectivity index (χ2v) is 9.00. The van der Waals surface area contributed by atoms with Crippen LogP contribution in [0.3, 0.4) is 0 Å². The number of rotatable bonds is 6. The molecule has 1 N–H and O–H groups in total. The SMILES string of the molecule is Cc1cccc(C)c1NC(=O)COc1cccc(/C=C2\SC(=S)N(C(C)C)C2=O)c1. The van der Waals surface area contributed by atoms with E-state index in [4.69, 9.17) is 17.0 Å². The summed E-state index contributed by atoms with van der Waals surface area (Å²) in [5, 5.41) is 2.90. The van der Waals surface area contributed by atoms with Gasteiger partial charge in [0.25, 0.3) is 11.8 Å². The smallest absolute Gasteiger partial charge is 0.266 e. The van der Waals surface area contributed by atoms with Crippen LogP contribution in [-0.2, 0) is 9.59 Å². The number of hydrogen-bond donors (Lipinski definition) is 1. The molecule has 5 nitrogen and oxygen atoms in total. The van der Waals surface area contributed by atoms with E-state index in [1.165, 1.54) is 11.8 Å². The van der Waals surface area contributed by atoms with Gasteiger partial charge in [-0.15, -0.1) is 0 Å². The number of hydrogen-bond acceptors (Lipinski definition) is 5. The van der Waals surface area contributed by atoms with Crippen LogP contribution in [0, 0.1) is 13.8 Å². The molecule has 0 spiro atoms. The number of thioether (sulfide) groups is 1.